The molecule has 1 spiro atoms. The van der Waals surface area contributed by atoms with Gasteiger partial charge in [-0.25, -0.2) is 0 Å². The Bertz CT molecular complexity index is 2040. The van der Waals surface area contributed by atoms with E-state index in [9.17, 15) is 66.1 Å². The van der Waals surface area contributed by atoms with Crippen LogP contribution in [0.4, 0.5) is 0 Å². The summed E-state index contributed by atoms with van der Waals surface area (Å²) in [5.74, 6) is -2.08. The third kappa shape index (κ3) is 8.92. The number of Topliss-reactive ketones (excluding diaryl/α,β-unsaturated/α-hetero) is 1. The van der Waals surface area contributed by atoms with Crippen molar-refractivity contribution in [1.29, 1.82) is 0 Å². The zero-order chi connectivity index (χ0) is 53.4. The van der Waals surface area contributed by atoms with Crippen molar-refractivity contribution < 1.29 is 113 Å². The highest BCUT2D eigenvalue weighted by atomic mass is 16.8. The predicted molar refractivity (Wildman–Crippen MR) is 247 cm³/mol. The maximum absolute atomic E-state index is 14.7. The Hall–Kier alpha value is -1.47. The van der Waals surface area contributed by atoms with E-state index in [0.717, 1.165) is 18.4 Å². The van der Waals surface area contributed by atoms with Crippen molar-refractivity contribution in [2.75, 3.05) is 13.2 Å². The number of aliphatic hydroxyl groups is 12. The molecule has 3 saturated carbocycles. The lowest BCUT2D eigenvalue weighted by Gasteiger charge is -2.60. The molecule has 23 heteroatoms. The van der Waals surface area contributed by atoms with Crippen LogP contribution in [0.3, 0.4) is 0 Å². The van der Waals surface area contributed by atoms with Crippen molar-refractivity contribution in [3.8, 4) is 0 Å². The number of fused-ring (bicyclic) bond motifs is 7. The lowest BCUT2D eigenvalue weighted by molar-refractivity contribution is -0.391. The summed E-state index contributed by atoms with van der Waals surface area (Å²) >= 11 is 0. The van der Waals surface area contributed by atoms with Crippen LogP contribution in [0, 0.1) is 46.3 Å². The fourth-order valence-electron chi connectivity index (χ4n) is 15.2. The molecule has 422 valence electrons. The first kappa shape index (κ1) is 55.8. The molecule has 10 rings (SSSR count). The second kappa shape index (κ2) is 20.6. The molecular formula is C51H80O23. The number of carbonyl (C=O) groups excluding carboxylic acids is 1. The zero-order valence-corrected chi connectivity index (χ0v) is 42.9. The normalized spacial score (nSPS) is 58.6. The van der Waals surface area contributed by atoms with Crippen molar-refractivity contribution in [2.24, 2.45) is 46.3 Å². The van der Waals surface area contributed by atoms with Crippen LogP contribution in [0.15, 0.2) is 11.6 Å². The van der Waals surface area contributed by atoms with Gasteiger partial charge in [-0.1, -0.05) is 39.3 Å². The van der Waals surface area contributed by atoms with Gasteiger partial charge in [-0.3, -0.25) is 4.79 Å². The number of rotatable bonds is 9. The number of ketones is 1. The first-order chi connectivity index (χ1) is 34.9. The van der Waals surface area contributed by atoms with Crippen LogP contribution in [0.5, 0.6) is 0 Å². The molecule has 6 aliphatic heterocycles. The van der Waals surface area contributed by atoms with E-state index in [1.165, 1.54) is 20.8 Å². The van der Waals surface area contributed by atoms with Gasteiger partial charge in [-0.05, 0) is 76.0 Å². The number of ether oxygens (including phenoxy) is 10. The maximum atomic E-state index is 14.7. The third-order valence-corrected chi connectivity index (χ3v) is 19.6. The first-order valence-corrected chi connectivity index (χ1v) is 26.8. The molecule has 6 saturated heterocycles. The molecule has 74 heavy (non-hydrogen) atoms. The Labute approximate surface area is 429 Å². The van der Waals surface area contributed by atoms with Crippen molar-refractivity contribution >= 4 is 5.78 Å². The summed E-state index contributed by atoms with van der Waals surface area (Å²) in [6.07, 6.45) is -29.1. The Balaban J connectivity index is 0.775. The Morgan fingerprint density at radius 2 is 1.19 bits per heavy atom. The van der Waals surface area contributed by atoms with E-state index >= 15 is 0 Å². The molecule has 0 bridgehead atoms. The average molecular weight is 1060 g/mol. The van der Waals surface area contributed by atoms with E-state index in [2.05, 4.69) is 13.8 Å². The fraction of sp³-hybridized carbons (Fsp3) is 0.941. The van der Waals surface area contributed by atoms with Gasteiger partial charge in [0.05, 0.1) is 49.8 Å². The highest BCUT2D eigenvalue weighted by Gasteiger charge is 2.74. The number of hydrogen-bond acceptors (Lipinski definition) is 23. The minimum atomic E-state index is -1.91. The van der Waals surface area contributed by atoms with Gasteiger partial charge in [0.25, 0.3) is 0 Å². The lowest BCUT2D eigenvalue weighted by Crippen LogP contribution is -2.66. The van der Waals surface area contributed by atoms with Crippen molar-refractivity contribution in [2.45, 2.75) is 240 Å². The smallest absolute Gasteiger partial charge is 0.187 e. The summed E-state index contributed by atoms with van der Waals surface area (Å²) in [4.78, 5) is 14.7. The molecule has 6 heterocycles. The summed E-state index contributed by atoms with van der Waals surface area (Å²) in [5, 5.41) is 133. The van der Waals surface area contributed by atoms with Crippen LogP contribution in [0.25, 0.3) is 0 Å². The first-order valence-electron chi connectivity index (χ1n) is 26.8. The highest BCUT2D eigenvalue weighted by Crippen LogP contribution is 2.70. The zero-order valence-electron chi connectivity index (χ0n) is 42.9. The highest BCUT2D eigenvalue weighted by molar-refractivity contribution is 5.91. The molecule has 0 unspecified atom stereocenters. The number of carbonyl (C=O) groups is 1. The monoisotopic (exact) mass is 1060 g/mol. The molecule has 0 aromatic carbocycles. The van der Waals surface area contributed by atoms with Gasteiger partial charge >= 0.3 is 0 Å². The molecule has 0 aromatic heterocycles. The van der Waals surface area contributed by atoms with Crippen LogP contribution < -0.4 is 0 Å². The predicted octanol–water partition coefficient (Wildman–Crippen LogP) is -2.79. The minimum absolute atomic E-state index is 0.0871. The van der Waals surface area contributed by atoms with Crippen LogP contribution in [-0.4, -0.2) is 233 Å². The molecule has 9 fully saturated rings. The Morgan fingerprint density at radius 1 is 0.622 bits per heavy atom. The van der Waals surface area contributed by atoms with E-state index in [1.54, 1.807) is 0 Å². The minimum Gasteiger partial charge on any atom is -0.394 e. The van der Waals surface area contributed by atoms with Gasteiger partial charge in [0.2, 0.25) is 0 Å². The van der Waals surface area contributed by atoms with Crippen LogP contribution in [0.2, 0.25) is 0 Å². The summed E-state index contributed by atoms with van der Waals surface area (Å²) in [6, 6.07) is 0. The van der Waals surface area contributed by atoms with Gasteiger partial charge < -0.3 is 109 Å². The van der Waals surface area contributed by atoms with Gasteiger partial charge in [0, 0.05) is 29.6 Å². The van der Waals surface area contributed by atoms with Crippen LogP contribution in [0.1, 0.15) is 87.0 Å². The summed E-state index contributed by atoms with van der Waals surface area (Å²) < 4.78 is 60.6. The lowest BCUT2D eigenvalue weighted by atomic mass is 9.45. The molecule has 10 aliphatic rings. The maximum Gasteiger partial charge on any atom is 0.187 e. The van der Waals surface area contributed by atoms with Gasteiger partial charge in [-0.15, -0.1) is 0 Å². The largest absolute Gasteiger partial charge is 0.394 e. The quantitative estimate of drug-likeness (QED) is 0.104. The summed E-state index contributed by atoms with van der Waals surface area (Å²) in [5.41, 5.74) is -0.833. The fourth-order valence-corrected chi connectivity index (χ4v) is 15.2. The van der Waals surface area contributed by atoms with E-state index in [1.807, 2.05) is 19.9 Å². The van der Waals surface area contributed by atoms with E-state index in [-0.39, 0.29) is 36.1 Å². The van der Waals surface area contributed by atoms with Crippen LogP contribution >= 0.6 is 0 Å². The summed E-state index contributed by atoms with van der Waals surface area (Å²) in [6.45, 7) is 12.4. The SMILES string of the molecule is C[C@@H]1CC[C@@]2(OC1)O[C@H]1C[C@H]3[C@H]4[C@H]([C@H](O)C(=O)[C@]3(C)[C@H]1[C@@H]2C)[C@@]1(C)CC[C@H](O[C@@H]2O[C@H](CO)[C@@H](O[C@@H]3O[C@@H](C)[C@H](O[C@@H]5O[C@@H](C)[C@H](O)[C@@H](O)[C@H]5O[C@@H]5O[C@@H](C)[C@H](O)[C@@H](O)[C@H]5O)[C@@H](O)[C@H]3O)[C@H](O)[C@H]2O)CC1=C[C@H]4O. The van der Waals surface area contributed by atoms with E-state index in [0.29, 0.717) is 31.8 Å². The molecule has 0 aromatic rings. The standard InChI is InChI=1S/C51H80O23/c1-17-8-11-51(65-16-17)18(2)29-26(74-51)14-24-28-25(53)13-22-12-23(9-10-49(22,6)30(28)33(56)44(64)50(24,29)7)69-47-40(63)37(60)42(27(15-52)70-47)72-46-39(62)36(59)41(21(5)68-46)71-48-43(35(58)32(55)20(4)67-48)73-45-38(61)34(57)31(54)19(3)66-45/h13,17-21,23-43,45-48,52-63H,8-12,14-16H2,1-7H3/t17-,18+,19+,20+,21+,23+,24+,25-,26+,27-,28-,29+,30-,31+,32+,33+,34-,35-,36+,37-,38-,39-,40-,41+,42-,43-,45+,46+,47-,48+,49+,50+,51-/m1/s1. The van der Waals surface area contributed by atoms with E-state index in [4.69, 9.17) is 47.4 Å². The van der Waals surface area contributed by atoms with Crippen molar-refractivity contribution in [3.63, 3.8) is 0 Å². The molecular weight excluding hydrogens is 981 g/mol. The average Bonchev–Trinajstić information content (AvgIpc) is 3.83. The van der Waals surface area contributed by atoms with Gasteiger partial charge in [0.15, 0.2) is 36.7 Å². The molecule has 23 nitrogen and oxygen atoms in total. The van der Waals surface area contributed by atoms with E-state index < -0.39 is 176 Å². The van der Waals surface area contributed by atoms with Gasteiger partial charge in [0.1, 0.15) is 85.5 Å². The van der Waals surface area contributed by atoms with Gasteiger partial charge in [-0.2, -0.15) is 0 Å². The number of hydrogen-bond donors (Lipinski definition) is 12. The Morgan fingerprint density at radius 3 is 1.84 bits per heavy atom. The van der Waals surface area contributed by atoms with Crippen molar-refractivity contribution in [3.05, 3.63) is 11.6 Å². The molecule has 0 amide bonds. The molecule has 12 N–H and O–H groups in total. The Kier molecular flexibility index (Phi) is 15.5. The second-order valence-corrected chi connectivity index (χ2v) is 23.9. The molecule has 33 atom stereocenters. The van der Waals surface area contributed by atoms with Crippen molar-refractivity contribution in [1.82, 2.24) is 0 Å². The second-order valence-electron chi connectivity index (χ2n) is 23.9. The third-order valence-electron chi connectivity index (χ3n) is 19.6. The topological polar surface area (TPSA) is 352 Å². The summed E-state index contributed by atoms with van der Waals surface area (Å²) in [7, 11) is 0. The number of aliphatic hydroxyl groups excluding tert-OH is 12. The van der Waals surface area contributed by atoms with Crippen LogP contribution in [-0.2, 0) is 52.2 Å². The molecule has 4 aliphatic carbocycles. The molecule has 0 radical (unpaired) electrons.